The number of aromatic hydroxyl groups is 2. The predicted molar refractivity (Wildman–Crippen MR) is 65.6 cm³/mol. The van der Waals surface area contributed by atoms with Gasteiger partial charge in [0, 0.05) is 12.7 Å². The van der Waals surface area contributed by atoms with E-state index in [0.717, 1.165) is 0 Å². The molecule has 0 unspecified atom stereocenters. The Morgan fingerprint density at radius 1 is 1.44 bits per heavy atom. The summed E-state index contributed by atoms with van der Waals surface area (Å²) in [5.41, 5.74) is 0.545. The minimum Gasteiger partial charge on any atom is -0.508 e. The molecular weight excluding hydrogens is 234 g/mol. The van der Waals surface area contributed by atoms with Crippen LogP contribution in [-0.4, -0.2) is 25.9 Å². The SMILES string of the molecule is CCn1cc(NC(=O)c2cc(O)ccc2O)cn1. The minimum atomic E-state index is -0.501. The van der Waals surface area contributed by atoms with Crippen LogP contribution in [0.25, 0.3) is 0 Å². The van der Waals surface area contributed by atoms with E-state index in [1.807, 2.05) is 6.92 Å². The minimum absolute atomic E-state index is 0.0132. The zero-order chi connectivity index (χ0) is 13.1. The molecule has 0 fully saturated rings. The number of phenolic OH excluding ortho intramolecular Hbond substituents is 2. The number of hydrogen-bond donors (Lipinski definition) is 3. The lowest BCUT2D eigenvalue weighted by molar-refractivity contribution is 0.102. The van der Waals surface area contributed by atoms with Crippen LogP contribution >= 0.6 is 0 Å². The Morgan fingerprint density at radius 2 is 2.22 bits per heavy atom. The Balaban J connectivity index is 2.19. The lowest BCUT2D eigenvalue weighted by Gasteiger charge is -2.05. The number of rotatable bonds is 3. The molecule has 3 N–H and O–H groups in total. The zero-order valence-electron chi connectivity index (χ0n) is 9.79. The summed E-state index contributed by atoms with van der Waals surface area (Å²) in [5.74, 6) is -0.769. The zero-order valence-corrected chi connectivity index (χ0v) is 9.79. The monoisotopic (exact) mass is 247 g/mol. The summed E-state index contributed by atoms with van der Waals surface area (Å²) in [5, 5.41) is 25.4. The standard InChI is InChI=1S/C12H13N3O3/c1-2-15-7-8(6-13-15)14-12(18)10-5-9(16)3-4-11(10)17/h3-7,16-17H,2H2,1H3,(H,14,18). The van der Waals surface area contributed by atoms with Crippen molar-refractivity contribution in [2.45, 2.75) is 13.5 Å². The van der Waals surface area contributed by atoms with Crippen LogP contribution in [0, 0.1) is 0 Å². The van der Waals surface area contributed by atoms with Crippen molar-refractivity contribution in [2.75, 3.05) is 5.32 Å². The Labute approximate surface area is 103 Å². The van der Waals surface area contributed by atoms with Crippen molar-refractivity contribution in [3.63, 3.8) is 0 Å². The van der Waals surface area contributed by atoms with E-state index in [1.54, 1.807) is 10.9 Å². The van der Waals surface area contributed by atoms with Gasteiger partial charge in [-0.25, -0.2) is 0 Å². The summed E-state index contributed by atoms with van der Waals surface area (Å²) >= 11 is 0. The first-order chi connectivity index (χ1) is 8.60. The maximum absolute atomic E-state index is 11.9. The molecule has 0 spiro atoms. The van der Waals surface area contributed by atoms with Gasteiger partial charge in [0.15, 0.2) is 0 Å². The number of phenols is 2. The molecule has 1 heterocycles. The van der Waals surface area contributed by atoms with Crippen LogP contribution in [0.2, 0.25) is 0 Å². The van der Waals surface area contributed by atoms with E-state index in [1.165, 1.54) is 24.4 Å². The summed E-state index contributed by atoms with van der Waals surface area (Å²) in [6.45, 7) is 2.63. The van der Waals surface area contributed by atoms with Crippen LogP contribution in [0.3, 0.4) is 0 Å². The van der Waals surface area contributed by atoms with E-state index in [9.17, 15) is 15.0 Å². The molecule has 0 aliphatic rings. The maximum atomic E-state index is 11.9. The fourth-order valence-corrected chi connectivity index (χ4v) is 1.51. The van der Waals surface area contributed by atoms with Gasteiger partial charge in [0.2, 0.25) is 0 Å². The second-order valence-corrected chi connectivity index (χ2v) is 3.74. The topological polar surface area (TPSA) is 87.4 Å². The van der Waals surface area contributed by atoms with E-state index < -0.39 is 5.91 Å². The van der Waals surface area contributed by atoms with Crippen molar-refractivity contribution in [1.29, 1.82) is 0 Å². The highest BCUT2D eigenvalue weighted by Crippen LogP contribution is 2.23. The maximum Gasteiger partial charge on any atom is 0.259 e. The van der Waals surface area contributed by atoms with Crippen molar-refractivity contribution in [3.8, 4) is 11.5 Å². The second-order valence-electron chi connectivity index (χ2n) is 3.74. The van der Waals surface area contributed by atoms with Crippen molar-refractivity contribution < 1.29 is 15.0 Å². The molecule has 0 saturated heterocycles. The van der Waals surface area contributed by atoms with E-state index >= 15 is 0 Å². The smallest absolute Gasteiger partial charge is 0.259 e. The number of anilines is 1. The van der Waals surface area contributed by atoms with E-state index in [0.29, 0.717) is 12.2 Å². The number of aromatic nitrogens is 2. The number of amides is 1. The van der Waals surface area contributed by atoms with Gasteiger partial charge in [-0.3, -0.25) is 9.48 Å². The molecule has 0 atom stereocenters. The van der Waals surface area contributed by atoms with E-state index in [-0.39, 0.29) is 17.1 Å². The van der Waals surface area contributed by atoms with Crippen molar-refractivity contribution in [2.24, 2.45) is 0 Å². The highest BCUT2D eigenvalue weighted by atomic mass is 16.3. The van der Waals surface area contributed by atoms with Gasteiger partial charge >= 0.3 is 0 Å². The van der Waals surface area contributed by atoms with Crippen LogP contribution in [-0.2, 0) is 6.54 Å². The first kappa shape index (κ1) is 12.0. The highest BCUT2D eigenvalue weighted by Gasteiger charge is 2.12. The fraction of sp³-hybridized carbons (Fsp3) is 0.167. The van der Waals surface area contributed by atoms with Crippen molar-refractivity contribution in [1.82, 2.24) is 9.78 Å². The lowest BCUT2D eigenvalue weighted by atomic mass is 10.1. The number of hydrogen-bond acceptors (Lipinski definition) is 4. The van der Waals surface area contributed by atoms with Crippen LogP contribution in [0.15, 0.2) is 30.6 Å². The quantitative estimate of drug-likeness (QED) is 0.718. The number of aryl methyl sites for hydroxylation is 1. The Morgan fingerprint density at radius 3 is 2.89 bits per heavy atom. The van der Waals surface area contributed by atoms with Gasteiger partial charge in [0.25, 0.3) is 5.91 Å². The Kier molecular flexibility index (Phi) is 3.18. The highest BCUT2D eigenvalue weighted by molar-refractivity contribution is 6.06. The van der Waals surface area contributed by atoms with Crippen LogP contribution in [0.5, 0.6) is 11.5 Å². The van der Waals surface area contributed by atoms with E-state index in [4.69, 9.17) is 0 Å². The molecule has 0 bridgehead atoms. The average molecular weight is 247 g/mol. The molecule has 1 aromatic heterocycles. The predicted octanol–water partition coefficient (Wildman–Crippen LogP) is 1.57. The van der Waals surface area contributed by atoms with Crippen molar-refractivity contribution >= 4 is 11.6 Å². The normalized spacial score (nSPS) is 10.3. The molecular formula is C12H13N3O3. The van der Waals surface area contributed by atoms with Gasteiger partial charge < -0.3 is 15.5 Å². The van der Waals surface area contributed by atoms with Gasteiger partial charge in [0.05, 0.1) is 17.4 Å². The molecule has 0 saturated carbocycles. The molecule has 6 nitrogen and oxygen atoms in total. The van der Waals surface area contributed by atoms with Gasteiger partial charge in [-0.1, -0.05) is 0 Å². The molecule has 2 rings (SSSR count). The second kappa shape index (κ2) is 4.79. The van der Waals surface area contributed by atoms with Gasteiger partial charge in [-0.2, -0.15) is 5.10 Å². The Hall–Kier alpha value is -2.50. The molecule has 94 valence electrons. The number of nitrogens with zero attached hydrogens (tertiary/aromatic N) is 2. The summed E-state index contributed by atoms with van der Waals surface area (Å²) in [7, 11) is 0. The number of benzene rings is 1. The molecule has 2 aromatic rings. The van der Waals surface area contributed by atoms with Crippen LogP contribution in [0.1, 0.15) is 17.3 Å². The van der Waals surface area contributed by atoms with Crippen LogP contribution in [0.4, 0.5) is 5.69 Å². The third-order valence-electron chi connectivity index (χ3n) is 2.44. The summed E-state index contributed by atoms with van der Waals surface area (Å²) in [6.07, 6.45) is 3.19. The molecule has 1 aromatic carbocycles. The average Bonchev–Trinajstić information content (AvgIpc) is 2.80. The largest absolute Gasteiger partial charge is 0.508 e. The Bertz CT molecular complexity index is 578. The summed E-state index contributed by atoms with van der Waals surface area (Å²) in [6, 6.07) is 3.77. The lowest BCUT2D eigenvalue weighted by Crippen LogP contribution is -2.11. The fourth-order valence-electron chi connectivity index (χ4n) is 1.51. The molecule has 6 heteroatoms. The third-order valence-corrected chi connectivity index (χ3v) is 2.44. The summed E-state index contributed by atoms with van der Waals surface area (Å²) in [4.78, 5) is 11.9. The summed E-state index contributed by atoms with van der Waals surface area (Å²) < 4.78 is 1.66. The molecule has 0 radical (unpaired) electrons. The molecule has 0 aliphatic carbocycles. The first-order valence-corrected chi connectivity index (χ1v) is 5.46. The van der Waals surface area contributed by atoms with Crippen molar-refractivity contribution in [3.05, 3.63) is 36.2 Å². The first-order valence-electron chi connectivity index (χ1n) is 5.46. The molecule has 0 aliphatic heterocycles. The van der Waals surface area contributed by atoms with Crippen LogP contribution < -0.4 is 5.32 Å². The molecule has 1 amide bonds. The molecule has 18 heavy (non-hydrogen) atoms. The number of carbonyl (C=O) groups is 1. The van der Waals surface area contributed by atoms with Gasteiger partial charge in [0.1, 0.15) is 11.5 Å². The number of nitrogens with one attached hydrogen (secondary N) is 1. The van der Waals surface area contributed by atoms with Gasteiger partial charge in [-0.15, -0.1) is 0 Å². The van der Waals surface area contributed by atoms with E-state index in [2.05, 4.69) is 10.4 Å². The van der Waals surface area contributed by atoms with Gasteiger partial charge in [-0.05, 0) is 25.1 Å². The third kappa shape index (κ3) is 2.42. The number of carbonyl (C=O) groups excluding carboxylic acids is 1.